The molecular weight excluding hydrogens is 217 g/mol. The van der Waals surface area contributed by atoms with Crippen LogP contribution in [-0.2, 0) is 0 Å². The molecule has 1 saturated heterocycles. The van der Waals surface area contributed by atoms with Crippen LogP contribution in [0.1, 0.15) is 0 Å². The number of hydrogen-bond acceptors (Lipinski definition) is 2. The second-order valence-corrected chi connectivity index (χ2v) is 3.69. The van der Waals surface area contributed by atoms with Gasteiger partial charge >= 0.3 is 0 Å². The molecule has 0 aromatic carbocycles. The number of halogens is 2. The molecule has 2 heterocycles. The predicted molar refractivity (Wildman–Crippen MR) is 38.6 cm³/mol. The Morgan fingerprint density at radius 1 is 1.70 bits per heavy atom. The highest BCUT2D eigenvalue weighted by molar-refractivity contribution is 9.09. The first kappa shape index (κ1) is 8.14. The van der Waals surface area contributed by atoms with Crippen LogP contribution in [0.25, 0.3) is 0 Å². The van der Waals surface area contributed by atoms with E-state index >= 15 is 0 Å². The first-order valence-electron chi connectivity index (χ1n) is 3.08. The van der Waals surface area contributed by atoms with Gasteiger partial charge in [0.05, 0.1) is 11.4 Å². The van der Waals surface area contributed by atoms with Crippen molar-refractivity contribution in [2.45, 2.75) is 4.83 Å². The summed E-state index contributed by atoms with van der Waals surface area (Å²) in [6, 6.07) is 0. The lowest BCUT2D eigenvalue weighted by Gasteiger charge is -2.04. The molecule has 58 valence electrons. The topological polar surface area (TPSA) is 18.3 Å². The number of alkyl halides is 1. The number of hydrogen-bond donors (Lipinski definition) is 1. The Morgan fingerprint density at radius 3 is 3.20 bits per heavy atom. The molecule has 0 saturated carbocycles. The molecule has 0 aromatic heterocycles. The standard InChI is InChI=1S/C5H8BrN3.ClH/c6-5-1-8-3-7-4-9(8)2-5;/h3,5H,1-2,4H2;1H. The molecule has 1 atom stereocenters. The Balaban J connectivity index is 0.000000500. The normalized spacial score (nSPS) is 28.7. The molecule has 0 radical (unpaired) electrons. The lowest BCUT2D eigenvalue weighted by molar-refractivity contribution is -0.653. The molecule has 1 N–H and O–H groups in total. The van der Waals surface area contributed by atoms with Gasteiger partial charge in [-0.25, -0.2) is 5.01 Å². The van der Waals surface area contributed by atoms with Gasteiger partial charge in [0.1, 0.15) is 6.54 Å². The summed E-state index contributed by atoms with van der Waals surface area (Å²) in [6.45, 7) is 3.21. The quantitative estimate of drug-likeness (QED) is 0.343. The predicted octanol–water partition coefficient (Wildman–Crippen LogP) is -3.41. The van der Waals surface area contributed by atoms with Crippen LogP contribution in [0, 0.1) is 0 Å². The molecule has 5 heteroatoms. The third-order valence-electron chi connectivity index (χ3n) is 1.67. The van der Waals surface area contributed by atoms with Crippen LogP contribution < -0.4 is 17.7 Å². The molecule has 3 nitrogen and oxygen atoms in total. The molecule has 0 bridgehead atoms. The van der Waals surface area contributed by atoms with E-state index in [1.54, 1.807) is 0 Å². The van der Waals surface area contributed by atoms with Crippen LogP contribution >= 0.6 is 15.9 Å². The average molecular weight is 227 g/mol. The van der Waals surface area contributed by atoms with Crippen LogP contribution in [0.5, 0.6) is 0 Å². The van der Waals surface area contributed by atoms with Gasteiger partial charge in [-0.1, -0.05) is 15.9 Å². The summed E-state index contributed by atoms with van der Waals surface area (Å²) in [5.41, 5.74) is 0. The molecule has 2 aliphatic heterocycles. The molecule has 2 rings (SSSR count). The van der Waals surface area contributed by atoms with Crippen molar-refractivity contribution in [2.24, 2.45) is 0 Å². The van der Waals surface area contributed by atoms with Crippen molar-refractivity contribution >= 4 is 22.3 Å². The van der Waals surface area contributed by atoms with Gasteiger partial charge in [0, 0.05) is 0 Å². The van der Waals surface area contributed by atoms with Gasteiger partial charge in [-0.3, -0.25) is 5.32 Å². The van der Waals surface area contributed by atoms with E-state index in [2.05, 4.69) is 30.9 Å². The van der Waals surface area contributed by atoms with Crippen LogP contribution in [-0.4, -0.2) is 40.6 Å². The van der Waals surface area contributed by atoms with Gasteiger partial charge in [-0.2, -0.15) is 4.68 Å². The molecule has 2 aliphatic rings. The molecule has 10 heavy (non-hydrogen) atoms. The molecule has 1 fully saturated rings. The van der Waals surface area contributed by atoms with Crippen molar-refractivity contribution < 1.29 is 17.1 Å². The number of nitrogens with zero attached hydrogens (tertiary/aromatic N) is 2. The summed E-state index contributed by atoms with van der Waals surface area (Å²) in [7, 11) is 0. The first-order chi connectivity index (χ1) is 4.36. The van der Waals surface area contributed by atoms with Crippen LogP contribution in [0.3, 0.4) is 0 Å². The minimum absolute atomic E-state index is 0. The highest BCUT2D eigenvalue weighted by Gasteiger charge is 2.31. The van der Waals surface area contributed by atoms with E-state index in [0.29, 0.717) is 4.83 Å². The van der Waals surface area contributed by atoms with Crippen LogP contribution in [0.15, 0.2) is 0 Å². The van der Waals surface area contributed by atoms with E-state index in [1.807, 2.05) is 6.34 Å². The van der Waals surface area contributed by atoms with E-state index in [-0.39, 0.29) is 12.4 Å². The Morgan fingerprint density at radius 2 is 2.50 bits per heavy atom. The molecule has 0 spiro atoms. The third-order valence-corrected chi connectivity index (χ3v) is 2.25. The van der Waals surface area contributed by atoms with E-state index in [0.717, 1.165) is 19.8 Å². The zero-order valence-electron chi connectivity index (χ0n) is 5.43. The molecule has 1 unspecified atom stereocenters. The van der Waals surface area contributed by atoms with Crippen LogP contribution in [0.2, 0.25) is 0 Å². The summed E-state index contributed by atoms with van der Waals surface area (Å²) in [5, 5.41) is 5.43. The minimum Gasteiger partial charge on any atom is -1.00 e. The number of hydrazone groups is 1. The number of fused-ring (bicyclic) bond motifs is 1. The van der Waals surface area contributed by atoms with Crippen molar-refractivity contribution in [3.63, 3.8) is 0 Å². The Bertz CT molecular complexity index is 161. The maximum atomic E-state index is 3.56. The lowest BCUT2D eigenvalue weighted by atomic mass is 10.5. The van der Waals surface area contributed by atoms with Gasteiger partial charge in [0.25, 0.3) is 6.34 Å². The van der Waals surface area contributed by atoms with Gasteiger partial charge in [0.2, 0.25) is 0 Å². The maximum absolute atomic E-state index is 3.56. The van der Waals surface area contributed by atoms with E-state index in [4.69, 9.17) is 0 Å². The summed E-state index contributed by atoms with van der Waals surface area (Å²) in [4.78, 5) is 0.649. The van der Waals surface area contributed by atoms with Gasteiger partial charge < -0.3 is 12.4 Å². The third kappa shape index (κ3) is 1.22. The fourth-order valence-electron chi connectivity index (χ4n) is 1.25. The number of rotatable bonds is 0. The van der Waals surface area contributed by atoms with Gasteiger partial charge in [-0.15, -0.1) is 0 Å². The van der Waals surface area contributed by atoms with Gasteiger partial charge in [-0.05, 0) is 0 Å². The van der Waals surface area contributed by atoms with E-state index < -0.39 is 0 Å². The largest absolute Gasteiger partial charge is 1.00 e. The Hall–Kier alpha value is 0.0400. The van der Waals surface area contributed by atoms with Crippen LogP contribution in [0.4, 0.5) is 0 Å². The molecular formula is C5H9BrClN3. The fraction of sp³-hybridized carbons (Fsp3) is 0.800. The highest BCUT2D eigenvalue weighted by atomic mass is 79.9. The molecule has 0 aliphatic carbocycles. The Labute approximate surface area is 74.6 Å². The second-order valence-electron chi connectivity index (χ2n) is 2.40. The summed E-state index contributed by atoms with van der Waals surface area (Å²) in [6.07, 6.45) is 2.03. The van der Waals surface area contributed by atoms with E-state index in [9.17, 15) is 0 Å². The minimum atomic E-state index is 0. The zero-order valence-corrected chi connectivity index (χ0v) is 7.77. The zero-order chi connectivity index (χ0) is 6.27. The second kappa shape index (κ2) is 2.96. The molecule has 0 aromatic rings. The van der Waals surface area contributed by atoms with Crippen molar-refractivity contribution in [1.29, 1.82) is 0 Å². The SMILES string of the molecule is BrC1CN2CNC=[N+]2C1.[Cl-]. The summed E-state index contributed by atoms with van der Waals surface area (Å²) >= 11 is 3.56. The van der Waals surface area contributed by atoms with Crippen molar-refractivity contribution in [2.75, 3.05) is 19.8 Å². The highest BCUT2D eigenvalue weighted by Crippen LogP contribution is 2.12. The molecule has 0 amide bonds. The Kier molecular flexibility index (Phi) is 2.41. The number of hydrazine groups is 1. The fourth-order valence-corrected chi connectivity index (χ4v) is 1.88. The van der Waals surface area contributed by atoms with Crippen molar-refractivity contribution in [3.05, 3.63) is 0 Å². The monoisotopic (exact) mass is 225 g/mol. The summed E-state index contributed by atoms with van der Waals surface area (Å²) in [5.74, 6) is 0. The number of nitrogens with one attached hydrogen (secondary N) is 1. The van der Waals surface area contributed by atoms with Gasteiger partial charge in [0.15, 0.2) is 6.67 Å². The summed E-state index contributed by atoms with van der Waals surface area (Å²) < 4.78 is 2.21. The van der Waals surface area contributed by atoms with E-state index in [1.165, 1.54) is 0 Å². The lowest BCUT2D eigenvalue weighted by Crippen LogP contribution is -3.00. The maximum Gasteiger partial charge on any atom is 0.257 e. The average Bonchev–Trinajstić information content (AvgIpc) is 2.22. The first-order valence-corrected chi connectivity index (χ1v) is 4.00. The smallest absolute Gasteiger partial charge is 0.257 e. The van der Waals surface area contributed by atoms with Crippen molar-refractivity contribution in [1.82, 2.24) is 10.3 Å². The van der Waals surface area contributed by atoms with Crippen molar-refractivity contribution in [3.8, 4) is 0 Å².